The van der Waals surface area contributed by atoms with E-state index in [0.717, 1.165) is 6.26 Å². The zero-order valence-corrected chi connectivity index (χ0v) is 13.9. The molecule has 1 aromatic rings. The van der Waals surface area contributed by atoms with Crippen LogP contribution in [0.5, 0.6) is 0 Å². The summed E-state index contributed by atoms with van der Waals surface area (Å²) in [5.41, 5.74) is 0. The van der Waals surface area contributed by atoms with E-state index in [0.29, 0.717) is 12.2 Å². The summed E-state index contributed by atoms with van der Waals surface area (Å²) < 4.78 is 50.2. The number of sulfonamides is 2. The van der Waals surface area contributed by atoms with Crippen LogP contribution in [-0.2, 0) is 20.0 Å². The quantitative estimate of drug-likeness (QED) is 0.564. The predicted molar refractivity (Wildman–Crippen MR) is 81.4 cm³/mol. The van der Waals surface area contributed by atoms with Gasteiger partial charge in [-0.05, 0) is 12.5 Å². The second kappa shape index (κ2) is 7.36. The Balaban J connectivity index is 2.60. The van der Waals surface area contributed by atoms with Crippen molar-refractivity contribution < 1.29 is 16.8 Å². The number of hydrogen-bond donors (Lipinski definition) is 3. The van der Waals surface area contributed by atoms with Crippen LogP contribution in [0.1, 0.15) is 6.42 Å². The molecule has 3 N–H and O–H groups in total. The third-order valence-corrected chi connectivity index (χ3v) is 4.82. The van der Waals surface area contributed by atoms with E-state index in [1.165, 1.54) is 12.3 Å². The molecule has 0 bridgehead atoms. The van der Waals surface area contributed by atoms with Crippen molar-refractivity contribution in [2.24, 2.45) is 0 Å². The molecule has 1 aromatic heterocycles. The van der Waals surface area contributed by atoms with Gasteiger partial charge < -0.3 is 5.32 Å². The number of nitrogens with zero attached hydrogens (tertiary/aromatic N) is 1. The summed E-state index contributed by atoms with van der Waals surface area (Å²) in [5.74, 6) is 0.382. The first-order chi connectivity index (χ1) is 9.65. The van der Waals surface area contributed by atoms with Gasteiger partial charge >= 0.3 is 0 Å². The Kier molecular flexibility index (Phi) is 6.35. The molecule has 0 atom stereocenters. The van der Waals surface area contributed by atoms with Crippen LogP contribution in [0.4, 0.5) is 5.82 Å². The summed E-state index contributed by atoms with van der Waals surface area (Å²) in [6.45, 7) is 0.245. The molecule has 11 heteroatoms. The van der Waals surface area contributed by atoms with Gasteiger partial charge in [0.05, 0.1) is 11.3 Å². The van der Waals surface area contributed by atoms with Crippen molar-refractivity contribution in [3.63, 3.8) is 0 Å². The van der Waals surface area contributed by atoms with E-state index in [1.54, 1.807) is 7.05 Å². The Morgan fingerprint density at radius 2 is 1.81 bits per heavy atom. The van der Waals surface area contributed by atoms with Crippen LogP contribution in [0, 0.1) is 0 Å². The maximum atomic E-state index is 12.0. The molecule has 0 aliphatic rings. The highest BCUT2D eigenvalue weighted by atomic mass is 35.5. The third kappa shape index (κ3) is 6.14. The minimum Gasteiger partial charge on any atom is -0.372 e. The van der Waals surface area contributed by atoms with Crippen molar-refractivity contribution in [3.05, 3.63) is 17.3 Å². The molecule has 8 nitrogen and oxygen atoms in total. The molecular formula is C10H17ClN4O4S2. The monoisotopic (exact) mass is 356 g/mol. The fourth-order valence-electron chi connectivity index (χ4n) is 1.39. The zero-order valence-electron chi connectivity index (χ0n) is 11.6. The Bertz CT molecular complexity index is 691. The topological polar surface area (TPSA) is 117 Å². The van der Waals surface area contributed by atoms with Gasteiger partial charge in [0, 0.05) is 26.3 Å². The van der Waals surface area contributed by atoms with Crippen molar-refractivity contribution in [2.45, 2.75) is 11.3 Å². The molecule has 0 aromatic carbocycles. The first-order valence-corrected chi connectivity index (χ1v) is 9.68. The number of aromatic nitrogens is 1. The Morgan fingerprint density at radius 3 is 2.33 bits per heavy atom. The molecule has 0 saturated carbocycles. The fraction of sp³-hybridized carbons (Fsp3) is 0.500. The van der Waals surface area contributed by atoms with E-state index >= 15 is 0 Å². The average molecular weight is 357 g/mol. The molecule has 0 spiro atoms. The van der Waals surface area contributed by atoms with Crippen LogP contribution in [0.3, 0.4) is 0 Å². The predicted octanol–water partition coefficient (Wildman–Crippen LogP) is -0.00570. The standard InChI is InChI=1S/C10H17ClN4O4S2/c1-12-10-9(11)6-8(7-13-10)21(18,19)15-5-3-4-14-20(2,16)17/h6-7,14-15H,3-5H2,1-2H3,(H,12,13). The number of halogens is 1. The maximum Gasteiger partial charge on any atom is 0.242 e. The molecule has 0 radical (unpaired) electrons. The van der Waals surface area contributed by atoms with E-state index in [2.05, 4.69) is 19.7 Å². The van der Waals surface area contributed by atoms with E-state index in [1.807, 2.05) is 0 Å². The van der Waals surface area contributed by atoms with E-state index in [9.17, 15) is 16.8 Å². The minimum atomic E-state index is -3.73. The molecule has 0 unspecified atom stereocenters. The fourth-order valence-corrected chi connectivity index (χ4v) is 3.27. The second-order valence-corrected chi connectivity index (χ2v) is 8.18. The van der Waals surface area contributed by atoms with Crippen molar-refractivity contribution in [2.75, 3.05) is 31.7 Å². The van der Waals surface area contributed by atoms with Crippen LogP contribution < -0.4 is 14.8 Å². The van der Waals surface area contributed by atoms with Crippen LogP contribution in [0.2, 0.25) is 5.02 Å². The highest BCUT2D eigenvalue weighted by Gasteiger charge is 2.15. The maximum absolute atomic E-state index is 12.0. The van der Waals surface area contributed by atoms with E-state index < -0.39 is 20.0 Å². The number of hydrogen-bond acceptors (Lipinski definition) is 6. The normalized spacial score (nSPS) is 12.3. The van der Waals surface area contributed by atoms with Gasteiger partial charge in [-0.25, -0.2) is 31.3 Å². The molecule has 0 aliphatic carbocycles. The first kappa shape index (κ1) is 18.1. The molecular weight excluding hydrogens is 340 g/mol. The summed E-state index contributed by atoms with van der Waals surface area (Å²) in [5, 5.41) is 2.92. The van der Waals surface area contributed by atoms with Crippen LogP contribution in [0.25, 0.3) is 0 Å². The Hall–Kier alpha value is -0.940. The van der Waals surface area contributed by atoms with Gasteiger partial charge in [-0.15, -0.1) is 0 Å². The smallest absolute Gasteiger partial charge is 0.242 e. The van der Waals surface area contributed by atoms with Gasteiger partial charge in [0.2, 0.25) is 20.0 Å². The molecule has 0 saturated heterocycles. The highest BCUT2D eigenvalue weighted by molar-refractivity contribution is 7.89. The SMILES string of the molecule is CNc1ncc(S(=O)(=O)NCCCNS(C)(=O)=O)cc1Cl. The largest absolute Gasteiger partial charge is 0.372 e. The van der Waals surface area contributed by atoms with Crippen molar-refractivity contribution in [3.8, 4) is 0 Å². The molecule has 1 heterocycles. The molecule has 120 valence electrons. The van der Waals surface area contributed by atoms with Crippen molar-refractivity contribution >= 4 is 37.5 Å². The van der Waals surface area contributed by atoms with Crippen LogP contribution >= 0.6 is 11.6 Å². The van der Waals surface area contributed by atoms with E-state index in [4.69, 9.17) is 11.6 Å². The van der Waals surface area contributed by atoms with Gasteiger partial charge in [0.1, 0.15) is 10.7 Å². The molecule has 21 heavy (non-hydrogen) atoms. The lowest BCUT2D eigenvalue weighted by atomic mass is 10.4. The van der Waals surface area contributed by atoms with Gasteiger partial charge in [-0.1, -0.05) is 11.6 Å². The minimum absolute atomic E-state index is 0.0532. The molecule has 0 aliphatic heterocycles. The molecule has 0 fully saturated rings. The summed E-state index contributed by atoms with van der Waals surface area (Å²) in [6, 6.07) is 1.29. The van der Waals surface area contributed by atoms with Gasteiger partial charge in [-0.3, -0.25) is 0 Å². The summed E-state index contributed by atoms with van der Waals surface area (Å²) in [7, 11) is -5.37. The second-order valence-electron chi connectivity index (χ2n) is 4.17. The number of rotatable bonds is 8. The lowest BCUT2D eigenvalue weighted by molar-refractivity contribution is 0.574. The first-order valence-electron chi connectivity index (χ1n) is 5.93. The Labute approximate surface area is 129 Å². The van der Waals surface area contributed by atoms with Gasteiger partial charge in [-0.2, -0.15) is 0 Å². The molecule has 1 rings (SSSR count). The lowest BCUT2D eigenvalue weighted by Crippen LogP contribution is -2.29. The van der Waals surface area contributed by atoms with Gasteiger partial charge in [0.25, 0.3) is 0 Å². The number of anilines is 1. The Morgan fingerprint density at radius 1 is 1.19 bits per heavy atom. The summed E-state index contributed by atoms with van der Waals surface area (Å²) in [4.78, 5) is 3.83. The van der Waals surface area contributed by atoms with Crippen molar-refractivity contribution in [1.29, 1.82) is 0 Å². The third-order valence-electron chi connectivity index (χ3n) is 2.37. The summed E-state index contributed by atoms with van der Waals surface area (Å²) in [6.07, 6.45) is 2.55. The van der Waals surface area contributed by atoms with E-state index in [-0.39, 0.29) is 23.0 Å². The average Bonchev–Trinajstić information content (AvgIpc) is 2.36. The van der Waals surface area contributed by atoms with Gasteiger partial charge in [0.15, 0.2) is 0 Å². The number of pyridine rings is 1. The lowest BCUT2D eigenvalue weighted by Gasteiger charge is -2.08. The number of nitrogens with one attached hydrogen (secondary N) is 3. The van der Waals surface area contributed by atoms with Crippen LogP contribution in [-0.4, -0.2) is 48.2 Å². The van der Waals surface area contributed by atoms with Crippen molar-refractivity contribution in [1.82, 2.24) is 14.4 Å². The van der Waals surface area contributed by atoms with Crippen LogP contribution in [0.15, 0.2) is 17.2 Å². The molecule has 0 amide bonds. The zero-order chi connectivity index (χ0) is 16.1. The summed E-state index contributed by atoms with van der Waals surface area (Å²) >= 11 is 5.88. The highest BCUT2D eigenvalue weighted by Crippen LogP contribution is 2.21.